The maximum absolute atomic E-state index is 11.6. The number of esters is 1. The molecule has 1 rings (SSSR count). The zero-order valence-electron chi connectivity index (χ0n) is 10.00. The van der Waals surface area contributed by atoms with Gasteiger partial charge in [0.05, 0.1) is 16.7 Å². The summed E-state index contributed by atoms with van der Waals surface area (Å²) in [5.41, 5.74) is 0.595. The number of ether oxygens (including phenoxy) is 1. The SMILES string of the molecule is CCOC(=O)C(=Cc1ccc(Cl)c(Cl)c1)C(C)=O. The van der Waals surface area contributed by atoms with Gasteiger partial charge in [0.2, 0.25) is 0 Å². The second-order valence-electron chi connectivity index (χ2n) is 3.51. The highest BCUT2D eigenvalue weighted by atomic mass is 35.5. The molecule has 0 spiro atoms. The van der Waals surface area contributed by atoms with Crippen LogP contribution >= 0.6 is 23.2 Å². The van der Waals surface area contributed by atoms with Gasteiger partial charge in [-0.2, -0.15) is 0 Å². The summed E-state index contributed by atoms with van der Waals surface area (Å²) in [5, 5.41) is 0.770. The topological polar surface area (TPSA) is 43.4 Å². The van der Waals surface area contributed by atoms with Crippen LogP contribution in [0.3, 0.4) is 0 Å². The van der Waals surface area contributed by atoms with Gasteiger partial charge in [-0.1, -0.05) is 29.3 Å². The molecule has 0 N–H and O–H groups in total. The van der Waals surface area contributed by atoms with Crippen molar-refractivity contribution in [2.75, 3.05) is 6.61 Å². The van der Waals surface area contributed by atoms with Gasteiger partial charge in [0, 0.05) is 0 Å². The Balaban J connectivity index is 3.12. The first-order valence-electron chi connectivity index (χ1n) is 5.30. The molecule has 0 atom stereocenters. The van der Waals surface area contributed by atoms with Crippen molar-refractivity contribution in [1.29, 1.82) is 0 Å². The third-order valence-electron chi connectivity index (χ3n) is 2.13. The van der Waals surface area contributed by atoms with Crippen molar-refractivity contribution >= 4 is 41.0 Å². The first-order valence-corrected chi connectivity index (χ1v) is 6.06. The zero-order valence-corrected chi connectivity index (χ0v) is 11.5. The Morgan fingerprint density at radius 3 is 2.44 bits per heavy atom. The monoisotopic (exact) mass is 286 g/mol. The van der Waals surface area contributed by atoms with Gasteiger partial charge < -0.3 is 4.74 Å². The normalized spacial score (nSPS) is 11.2. The summed E-state index contributed by atoms with van der Waals surface area (Å²) in [7, 11) is 0. The van der Waals surface area contributed by atoms with Crippen LogP contribution in [0, 0.1) is 0 Å². The third-order valence-corrected chi connectivity index (χ3v) is 2.87. The summed E-state index contributed by atoms with van der Waals surface area (Å²) < 4.78 is 4.80. The average Bonchev–Trinajstić information content (AvgIpc) is 2.30. The lowest BCUT2D eigenvalue weighted by atomic mass is 10.1. The number of carbonyl (C=O) groups excluding carboxylic acids is 2. The fraction of sp³-hybridized carbons (Fsp3) is 0.231. The lowest BCUT2D eigenvalue weighted by Gasteiger charge is -2.04. The number of benzene rings is 1. The van der Waals surface area contributed by atoms with Crippen LogP contribution < -0.4 is 0 Å². The molecule has 0 aromatic heterocycles. The highest BCUT2D eigenvalue weighted by molar-refractivity contribution is 6.42. The lowest BCUT2D eigenvalue weighted by Crippen LogP contribution is -2.13. The van der Waals surface area contributed by atoms with E-state index in [4.69, 9.17) is 27.9 Å². The Morgan fingerprint density at radius 2 is 1.94 bits per heavy atom. The molecule has 1 aromatic carbocycles. The van der Waals surface area contributed by atoms with Crippen LogP contribution in [0.4, 0.5) is 0 Å². The molecule has 96 valence electrons. The van der Waals surface area contributed by atoms with E-state index in [-0.39, 0.29) is 18.0 Å². The molecule has 0 unspecified atom stereocenters. The number of hydrogen-bond acceptors (Lipinski definition) is 3. The largest absolute Gasteiger partial charge is 0.462 e. The number of hydrogen-bond donors (Lipinski definition) is 0. The first kappa shape index (κ1) is 14.7. The Hall–Kier alpha value is -1.32. The van der Waals surface area contributed by atoms with Gasteiger partial charge in [0.15, 0.2) is 5.78 Å². The molecule has 0 amide bonds. The van der Waals surface area contributed by atoms with E-state index in [1.165, 1.54) is 13.0 Å². The summed E-state index contributed by atoms with van der Waals surface area (Å²) in [6.07, 6.45) is 1.43. The minimum Gasteiger partial charge on any atom is -0.462 e. The van der Waals surface area contributed by atoms with Crippen molar-refractivity contribution in [2.45, 2.75) is 13.8 Å². The molecule has 5 heteroatoms. The summed E-state index contributed by atoms with van der Waals surface area (Å²) >= 11 is 11.6. The van der Waals surface area contributed by atoms with Gasteiger partial charge in [-0.3, -0.25) is 4.79 Å². The Kier molecular flexibility index (Phi) is 5.38. The minimum atomic E-state index is -0.643. The van der Waals surface area contributed by atoms with Crippen LogP contribution in [0.25, 0.3) is 6.08 Å². The van der Waals surface area contributed by atoms with Crippen LogP contribution in [0.5, 0.6) is 0 Å². The Morgan fingerprint density at radius 1 is 1.28 bits per heavy atom. The number of Topliss-reactive ketones (excluding diaryl/α,β-unsaturated/α-hetero) is 1. The van der Waals surface area contributed by atoms with Crippen molar-refractivity contribution in [3.05, 3.63) is 39.4 Å². The van der Waals surface area contributed by atoms with E-state index in [0.29, 0.717) is 15.6 Å². The molecule has 0 aliphatic rings. The summed E-state index contributed by atoms with van der Waals surface area (Å²) in [6.45, 7) is 3.19. The van der Waals surface area contributed by atoms with E-state index in [1.54, 1.807) is 25.1 Å². The quantitative estimate of drug-likeness (QED) is 0.368. The van der Waals surface area contributed by atoms with Crippen LogP contribution in [0.2, 0.25) is 10.0 Å². The molecule has 0 radical (unpaired) electrons. The molecular formula is C13H12Cl2O3. The van der Waals surface area contributed by atoms with Crippen molar-refractivity contribution in [1.82, 2.24) is 0 Å². The van der Waals surface area contributed by atoms with E-state index in [0.717, 1.165) is 0 Å². The molecule has 0 fully saturated rings. The smallest absolute Gasteiger partial charge is 0.341 e. The van der Waals surface area contributed by atoms with Crippen molar-refractivity contribution in [3.8, 4) is 0 Å². The van der Waals surface area contributed by atoms with Gasteiger partial charge in [0.25, 0.3) is 0 Å². The highest BCUT2D eigenvalue weighted by Crippen LogP contribution is 2.24. The molecule has 0 aliphatic heterocycles. The number of ketones is 1. The number of halogens is 2. The number of rotatable bonds is 4. The van der Waals surface area contributed by atoms with E-state index in [9.17, 15) is 9.59 Å². The molecule has 3 nitrogen and oxygen atoms in total. The standard InChI is InChI=1S/C13H12Cl2O3/c1-3-18-13(17)10(8(2)16)6-9-4-5-11(14)12(15)7-9/h4-7H,3H2,1-2H3. The maximum Gasteiger partial charge on any atom is 0.341 e. The van der Waals surface area contributed by atoms with E-state index >= 15 is 0 Å². The minimum absolute atomic E-state index is 0.0183. The van der Waals surface area contributed by atoms with Crippen molar-refractivity contribution in [2.24, 2.45) is 0 Å². The Labute approximate surface area is 115 Å². The Bertz CT molecular complexity index is 507. The maximum atomic E-state index is 11.6. The first-order chi connectivity index (χ1) is 8.45. The van der Waals surface area contributed by atoms with E-state index < -0.39 is 5.97 Å². The summed E-state index contributed by atoms with van der Waals surface area (Å²) in [6, 6.07) is 4.83. The van der Waals surface area contributed by atoms with Crippen molar-refractivity contribution < 1.29 is 14.3 Å². The van der Waals surface area contributed by atoms with Gasteiger partial charge in [0.1, 0.15) is 5.57 Å². The number of carbonyl (C=O) groups is 2. The van der Waals surface area contributed by atoms with E-state index in [2.05, 4.69) is 0 Å². The second kappa shape index (κ2) is 6.57. The van der Waals surface area contributed by atoms with Crippen LogP contribution in [-0.4, -0.2) is 18.4 Å². The molecule has 0 saturated heterocycles. The second-order valence-corrected chi connectivity index (χ2v) is 4.32. The highest BCUT2D eigenvalue weighted by Gasteiger charge is 2.15. The fourth-order valence-electron chi connectivity index (χ4n) is 1.28. The van der Waals surface area contributed by atoms with Crippen LogP contribution in [0.1, 0.15) is 19.4 Å². The molecule has 0 bridgehead atoms. The summed E-state index contributed by atoms with van der Waals surface area (Å²) in [5.74, 6) is -1.00. The van der Waals surface area contributed by atoms with Gasteiger partial charge in [-0.25, -0.2) is 4.79 Å². The zero-order chi connectivity index (χ0) is 13.7. The predicted octanol–water partition coefficient (Wildman–Crippen LogP) is 3.53. The molecule has 18 heavy (non-hydrogen) atoms. The van der Waals surface area contributed by atoms with Crippen LogP contribution in [0.15, 0.2) is 23.8 Å². The van der Waals surface area contributed by atoms with E-state index in [1.807, 2.05) is 0 Å². The molecule has 0 aliphatic carbocycles. The molecule has 1 aromatic rings. The van der Waals surface area contributed by atoms with Gasteiger partial charge in [-0.15, -0.1) is 0 Å². The summed E-state index contributed by atoms with van der Waals surface area (Å²) in [4.78, 5) is 23.0. The third kappa shape index (κ3) is 3.86. The van der Waals surface area contributed by atoms with Crippen molar-refractivity contribution in [3.63, 3.8) is 0 Å². The predicted molar refractivity (Wildman–Crippen MR) is 71.8 cm³/mol. The lowest BCUT2D eigenvalue weighted by molar-refractivity contribution is -0.139. The molecular weight excluding hydrogens is 275 g/mol. The molecule has 0 heterocycles. The van der Waals surface area contributed by atoms with Gasteiger partial charge >= 0.3 is 5.97 Å². The van der Waals surface area contributed by atoms with Crippen LogP contribution in [-0.2, 0) is 14.3 Å². The fourth-order valence-corrected chi connectivity index (χ4v) is 1.59. The molecule has 0 saturated carbocycles. The average molecular weight is 287 g/mol. The van der Waals surface area contributed by atoms with Gasteiger partial charge in [-0.05, 0) is 37.6 Å².